The molecule has 1 aromatic rings. The zero-order chi connectivity index (χ0) is 20.1. The largest absolute Gasteiger partial charge is 0.354 e. The van der Waals surface area contributed by atoms with Crippen LogP contribution in [-0.2, 0) is 4.79 Å². The van der Waals surface area contributed by atoms with Crippen molar-refractivity contribution in [3.8, 4) is 0 Å². The third kappa shape index (κ3) is 6.86. The van der Waals surface area contributed by atoms with E-state index in [0.29, 0.717) is 18.0 Å². The highest BCUT2D eigenvalue weighted by atomic mass is 127. The van der Waals surface area contributed by atoms with Gasteiger partial charge in [-0.25, -0.2) is 0 Å². The van der Waals surface area contributed by atoms with Crippen molar-refractivity contribution >= 4 is 35.8 Å². The molecule has 2 aliphatic rings. The lowest BCUT2D eigenvalue weighted by Crippen LogP contribution is -2.48. The predicted molar refractivity (Wildman–Crippen MR) is 131 cm³/mol. The van der Waals surface area contributed by atoms with Crippen molar-refractivity contribution in [3.05, 3.63) is 35.4 Å². The highest BCUT2D eigenvalue weighted by molar-refractivity contribution is 14.0. The van der Waals surface area contributed by atoms with Crippen LogP contribution in [0.1, 0.15) is 69.9 Å². The second-order valence-electron chi connectivity index (χ2n) is 8.64. The van der Waals surface area contributed by atoms with Crippen LogP contribution in [0.4, 0.5) is 0 Å². The number of benzene rings is 1. The van der Waals surface area contributed by atoms with Crippen molar-refractivity contribution < 1.29 is 4.79 Å². The molecule has 0 saturated heterocycles. The summed E-state index contributed by atoms with van der Waals surface area (Å²) >= 11 is 0. The molecule has 0 aliphatic heterocycles. The van der Waals surface area contributed by atoms with Gasteiger partial charge in [0.2, 0.25) is 5.91 Å². The molecule has 3 rings (SSSR count). The monoisotopic (exact) mass is 512 g/mol. The first-order valence-electron chi connectivity index (χ1n) is 10.9. The van der Waals surface area contributed by atoms with Gasteiger partial charge in [0.05, 0.1) is 0 Å². The normalized spacial score (nSPS) is 26.4. The summed E-state index contributed by atoms with van der Waals surface area (Å²) in [6, 6.07) is 9.62. The third-order valence-electron chi connectivity index (χ3n) is 5.83. The number of halogens is 1. The first-order valence-corrected chi connectivity index (χ1v) is 10.9. The minimum Gasteiger partial charge on any atom is -0.354 e. The minimum absolute atomic E-state index is 0. The van der Waals surface area contributed by atoms with E-state index < -0.39 is 0 Å². The summed E-state index contributed by atoms with van der Waals surface area (Å²) in [6.07, 6.45) is 5.21. The van der Waals surface area contributed by atoms with E-state index in [1.54, 1.807) is 0 Å². The lowest BCUT2D eigenvalue weighted by Gasteiger charge is -2.30. The number of amides is 1. The molecule has 0 radical (unpaired) electrons. The first kappa shape index (κ1) is 24.0. The van der Waals surface area contributed by atoms with Crippen LogP contribution in [0.2, 0.25) is 0 Å². The Bertz CT molecular complexity index is 706. The van der Waals surface area contributed by atoms with Crippen molar-refractivity contribution in [2.45, 2.75) is 83.8 Å². The van der Waals surface area contributed by atoms with Gasteiger partial charge in [0.15, 0.2) is 5.96 Å². The van der Waals surface area contributed by atoms with Gasteiger partial charge in [-0.05, 0) is 64.5 Å². The van der Waals surface area contributed by atoms with Gasteiger partial charge in [-0.3, -0.25) is 9.79 Å². The third-order valence-corrected chi connectivity index (χ3v) is 5.83. The molecular formula is C23H37IN4O. The summed E-state index contributed by atoms with van der Waals surface area (Å²) in [4.78, 5) is 17.1. The van der Waals surface area contributed by atoms with Crippen LogP contribution in [-0.4, -0.2) is 36.5 Å². The first-order chi connectivity index (χ1) is 13.5. The number of aliphatic imine (C=N–C) groups is 1. The average molecular weight is 512 g/mol. The Balaban J connectivity index is 0.00000300. The van der Waals surface area contributed by atoms with Gasteiger partial charge in [-0.1, -0.05) is 30.7 Å². The molecule has 29 heavy (non-hydrogen) atoms. The zero-order valence-electron chi connectivity index (χ0n) is 18.2. The van der Waals surface area contributed by atoms with Gasteiger partial charge in [-0.2, -0.15) is 0 Å². The molecule has 5 nitrogen and oxygen atoms in total. The summed E-state index contributed by atoms with van der Waals surface area (Å²) in [7, 11) is 0. The van der Waals surface area contributed by atoms with E-state index in [0.717, 1.165) is 44.6 Å². The molecule has 0 bridgehead atoms. The summed E-state index contributed by atoms with van der Waals surface area (Å²) in [5, 5.41) is 10.3. The van der Waals surface area contributed by atoms with E-state index in [9.17, 15) is 4.79 Å². The maximum atomic E-state index is 12.4. The quantitative estimate of drug-likeness (QED) is 0.306. The molecule has 2 fully saturated rings. The fraction of sp³-hybridized carbons (Fsp3) is 0.652. The molecule has 6 heteroatoms. The smallest absolute Gasteiger partial charge is 0.223 e. The lowest BCUT2D eigenvalue weighted by molar-refractivity contribution is -0.126. The SMILES string of the molecule is CCN=C(NC1CCCC(C(=O)NC(C)C)C1)NC1CC1c1ccccc1C.I. The Kier molecular flexibility index (Phi) is 9.24. The van der Waals surface area contributed by atoms with Gasteiger partial charge in [-0.15, -0.1) is 24.0 Å². The van der Waals surface area contributed by atoms with Crippen LogP contribution in [0, 0.1) is 12.8 Å². The molecule has 4 unspecified atom stereocenters. The van der Waals surface area contributed by atoms with Gasteiger partial charge in [0.1, 0.15) is 0 Å². The Morgan fingerprint density at radius 1 is 1.17 bits per heavy atom. The molecule has 0 aromatic heterocycles. The maximum Gasteiger partial charge on any atom is 0.223 e. The minimum atomic E-state index is 0. The second kappa shape index (κ2) is 11.2. The van der Waals surface area contributed by atoms with Crippen LogP contribution in [0.5, 0.6) is 0 Å². The molecule has 162 valence electrons. The number of carbonyl (C=O) groups is 1. The van der Waals surface area contributed by atoms with E-state index in [1.165, 1.54) is 11.1 Å². The molecule has 3 N–H and O–H groups in total. The topological polar surface area (TPSA) is 65.5 Å². The molecule has 2 saturated carbocycles. The standard InChI is InChI=1S/C23H36N4O.HI/c1-5-24-23(27-21-14-20(21)19-12-7-6-9-16(19)4)26-18-11-8-10-17(13-18)22(28)25-15(2)3;/h6-7,9,12,15,17-18,20-21H,5,8,10-11,13-14H2,1-4H3,(H,25,28)(H2,24,26,27);1H. The number of carbonyl (C=O) groups excluding carboxylic acids is 1. The van der Waals surface area contributed by atoms with Gasteiger partial charge in [0, 0.05) is 36.5 Å². The average Bonchev–Trinajstić information content (AvgIpc) is 3.41. The highest BCUT2D eigenvalue weighted by Crippen LogP contribution is 2.42. The van der Waals surface area contributed by atoms with Crippen molar-refractivity contribution in [2.75, 3.05) is 6.54 Å². The van der Waals surface area contributed by atoms with Crippen molar-refractivity contribution in [1.29, 1.82) is 0 Å². The molecule has 2 aliphatic carbocycles. The molecule has 0 spiro atoms. The molecule has 0 heterocycles. The molecule has 1 aromatic carbocycles. The number of nitrogens with one attached hydrogen (secondary N) is 3. The summed E-state index contributed by atoms with van der Waals surface area (Å²) in [5.74, 6) is 1.78. The fourth-order valence-corrected chi connectivity index (χ4v) is 4.32. The number of hydrogen-bond acceptors (Lipinski definition) is 2. The molecule has 1 amide bonds. The number of aryl methyl sites for hydroxylation is 1. The Hall–Kier alpha value is -1.31. The number of nitrogens with zero attached hydrogens (tertiary/aromatic N) is 1. The van der Waals surface area contributed by atoms with E-state index in [4.69, 9.17) is 0 Å². The summed E-state index contributed by atoms with van der Waals surface area (Å²) in [6.45, 7) is 9.05. The van der Waals surface area contributed by atoms with Crippen LogP contribution >= 0.6 is 24.0 Å². The van der Waals surface area contributed by atoms with Crippen molar-refractivity contribution in [3.63, 3.8) is 0 Å². The van der Waals surface area contributed by atoms with Crippen molar-refractivity contribution in [1.82, 2.24) is 16.0 Å². The van der Waals surface area contributed by atoms with E-state index >= 15 is 0 Å². The van der Waals surface area contributed by atoms with Gasteiger partial charge < -0.3 is 16.0 Å². The van der Waals surface area contributed by atoms with Gasteiger partial charge in [0.25, 0.3) is 0 Å². The summed E-state index contributed by atoms with van der Waals surface area (Å²) in [5.41, 5.74) is 2.81. The van der Waals surface area contributed by atoms with Crippen LogP contribution < -0.4 is 16.0 Å². The number of rotatable bonds is 6. The van der Waals surface area contributed by atoms with Crippen LogP contribution in [0.25, 0.3) is 0 Å². The molecule has 4 atom stereocenters. The second-order valence-corrected chi connectivity index (χ2v) is 8.64. The van der Waals surface area contributed by atoms with E-state index in [-0.39, 0.29) is 41.8 Å². The maximum absolute atomic E-state index is 12.4. The van der Waals surface area contributed by atoms with Crippen LogP contribution in [0.3, 0.4) is 0 Å². The number of guanidine groups is 1. The van der Waals surface area contributed by atoms with E-state index in [1.807, 2.05) is 13.8 Å². The predicted octanol–water partition coefficient (Wildman–Crippen LogP) is 4.11. The number of hydrogen-bond donors (Lipinski definition) is 3. The van der Waals surface area contributed by atoms with Crippen molar-refractivity contribution in [2.24, 2.45) is 10.9 Å². The van der Waals surface area contributed by atoms with Gasteiger partial charge >= 0.3 is 0 Å². The Morgan fingerprint density at radius 3 is 2.62 bits per heavy atom. The fourth-order valence-electron chi connectivity index (χ4n) is 4.32. The Morgan fingerprint density at radius 2 is 1.93 bits per heavy atom. The molecular weight excluding hydrogens is 475 g/mol. The highest BCUT2D eigenvalue weighted by Gasteiger charge is 2.40. The zero-order valence-corrected chi connectivity index (χ0v) is 20.5. The lowest BCUT2D eigenvalue weighted by atomic mass is 9.85. The van der Waals surface area contributed by atoms with Crippen LogP contribution in [0.15, 0.2) is 29.3 Å². The van der Waals surface area contributed by atoms with E-state index in [2.05, 4.69) is 59.1 Å². The Labute approximate surface area is 192 Å². The summed E-state index contributed by atoms with van der Waals surface area (Å²) < 4.78 is 0.